The number of likely N-dealkylation sites (tertiary alicyclic amines) is 1. The molecular formula is C29H30N6. The van der Waals surface area contributed by atoms with E-state index in [9.17, 15) is 0 Å². The molecular weight excluding hydrogens is 432 g/mol. The van der Waals surface area contributed by atoms with Crippen molar-refractivity contribution in [3.8, 4) is 22.5 Å². The zero-order valence-corrected chi connectivity index (χ0v) is 20.3. The third-order valence-electron chi connectivity index (χ3n) is 7.43. The molecule has 0 unspecified atom stereocenters. The molecule has 0 aliphatic carbocycles. The molecule has 3 aromatic heterocycles. The minimum atomic E-state index is 0.372. The summed E-state index contributed by atoms with van der Waals surface area (Å²) in [5.41, 5.74) is 14.2. The van der Waals surface area contributed by atoms with Crippen LogP contribution in [0, 0.1) is 6.92 Å². The lowest BCUT2D eigenvalue weighted by Gasteiger charge is -2.30. The van der Waals surface area contributed by atoms with E-state index in [-0.39, 0.29) is 0 Å². The van der Waals surface area contributed by atoms with Gasteiger partial charge < -0.3 is 10.6 Å². The standard InChI is InChI=1S/C29H30N6/c1-3-34-17-14-22(15-18-34)29-33-27(28-24(30)13-16-31-35(28)29)23-11-9-21-10-12-25(32-26(21)19(23)2)20-7-5-4-6-8-20/h4-13,16,22H,3,14-15,17-18,30H2,1-2H3. The van der Waals surface area contributed by atoms with E-state index in [0.717, 1.165) is 82.8 Å². The topological polar surface area (TPSA) is 72.3 Å². The zero-order valence-electron chi connectivity index (χ0n) is 20.3. The van der Waals surface area contributed by atoms with Crippen LogP contribution in [0.1, 0.15) is 37.1 Å². The maximum atomic E-state index is 6.52. The van der Waals surface area contributed by atoms with Crippen LogP contribution in [0.25, 0.3) is 38.9 Å². The molecule has 1 aliphatic rings. The number of aromatic nitrogens is 4. The molecule has 1 aliphatic heterocycles. The number of pyridine rings is 1. The van der Waals surface area contributed by atoms with Gasteiger partial charge in [0.25, 0.3) is 0 Å². The lowest BCUT2D eigenvalue weighted by molar-refractivity contribution is 0.218. The summed E-state index contributed by atoms with van der Waals surface area (Å²) in [6.07, 6.45) is 3.95. The number of benzene rings is 2. The summed E-state index contributed by atoms with van der Waals surface area (Å²) in [5.74, 6) is 1.39. The van der Waals surface area contributed by atoms with Gasteiger partial charge in [-0.25, -0.2) is 14.5 Å². The second-order valence-corrected chi connectivity index (χ2v) is 9.45. The molecule has 0 bridgehead atoms. The SMILES string of the molecule is CCN1CCC(c2nc(-c3ccc4ccc(-c5ccccc5)nc4c3C)c3c(N)ccnn23)CC1. The van der Waals surface area contributed by atoms with E-state index < -0.39 is 0 Å². The van der Waals surface area contributed by atoms with E-state index in [0.29, 0.717) is 11.6 Å². The number of aryl methyl sites for hydroxylation is 1. The van der Waals surface area contributed by atoms with Crippen molar-refractivity contribution in [1.82, 2.24) is 24.5 Å². The lowest BCUT2D eigenvalue weighted by atomic mass is 9.96. The van der Waals surface area contributed by atoms with Crippen molar-refractivity contribution in [2.45, 2.75) is 32.6 Å². The van der Waals surface area contributed by atoms with Crippen molar-refractivity contribution < 1.29 is 0 Å². The summed E-state index contributed by atoms with van der Waals surface area (Å²) in [6, 6.07) is 20.7. The van der Waals surface area contributed by atoms with Gasteiger partial charge >= 0.3 is 0 Å². The van der Waals surface area contributed by atoms with E-state index in [1.54, 1.807) is 6.20 Å². The number of fused-ring (bicyclic) bond motifs is 2. The van der Waals surface area contributed by atoms with Gasteiger partial charge in [0, 0.05) is 22.4 Å². The molecule has 2 aromatic carbocycles. The highest BCUT2D eigenvalue weighted by atomic mass is 15.3. The van der Waals surface area contributed by atoms with Crippen molar-refractivity contribution in [3.63, 3.8) is 0 Å². The molecule has 6 nitrogen and oxygen atoms in total. The Bertz CT molecular complexity index is 1510. The van der Waals surface area contributed by atoms with Crippen molar-refractivity contribution in [2.24, 2.45) is 0 Å². The monoisotopic (exact) mass is 462 g/mol. The Balaban J connectivity index is 1.50. The second kappa shape index (κ2) is 8.78. The Morgan fingerprint density at radius 3 is 2.49 bits per heavy atom. The van der Waals surface area contributed by atoms with Gasteiger partial charge in [0.1, 0.15) is 17.0 Å². The summed E-state index contributed by atoms with van der Waals surface area (Å²) in [4.78, 5) is 12.8. The molecule has 0 radical (unpaired) electrons. The minimum Gasteiger partial charge on any atom is -0.397 e. The number of anilines is 1. The summed E-state index contributed by atoms with van der Waals surface area (Å²) in [6.45, 7) is 7.64. The largest absolute Gasteiger partial charge is 0.397 e. The van der Waals surface area contributed by atoms with Crippen LogP contribution in [0.4, 0.5) is 5.69 Å². The van der Waals surface area contributed by atoms with Gasteiger partial charge in [-0.15, -0.1) is 0 Å². The average molecular weight is 463 g/mol. The quantitative estimate of drug-likeness (QED) is 0.371. The molecule has 1 fully saturated rings. The van der Waals surface area contributed by atoms with E-state index in [1.165, 1.54) is 0 Å². The van der Waals surface area contributed by atoms with Crippen LogP contribution in [-0.4, -0.2) is 44.1 Å². The Hall–Kier alpha value is -3.77. The Kier molecular flexibility index (Phi) is 5.46. The molecule has 6 heteroatoms. The fraction of sp³-hybridized carbons (Fsp3) is 0.276. The predicted octanol–water partition coefficient (Wildman–Crippen LogP) is 5.70. The first-order chi connectivity index (χ1) is 17.1. The fourth-order valence-electron chi connectivity index (χ4n) is 5.38. The first-order valence-corrected chi connectivity index (χ1v) is 12.5. The van der Waals surface area contributed by atoms with Crippen LogP contribution < -0.4 is 5.73 Å². The molecule has 2 N–H and O–H groups in total. The van der Waals surface area contributed by atoms with Gasteiger partial charge in [0.05, 0.1) is 23.1 Å². The van der Waals surface area contributed by atoms with Crippen LogP contribution in [0.5, 0.6) is 0 Å². The highest BCUT2D eigenvalue weighted by Gasteiger charge is 2.27. The first-order valence-electron chi connectivity index (χ1n) is 12.5. The number of nitrogens with two attached hydrogens (primary N) is 1. The van der Waals surface area contributed by atoms with Crippen LogP contribution in [-0.2, 0) is 0 Å². The van der Waals surface area contributed by atoms with Gasteiger partial charge in [-0.05, 0) is 57.1 Å². The highest BCUT2D eigenvalue weighted by molar-refractivity contribution is 5.95. The number of nitrogens with zero attached hydrogens (tertiary/aromatic N) is 5. The molecule has 1 saturated heterocycles. The van der Waals surface area contributed by atoms with E-state index >= 15 is 0 Å². The number of imidazole rings is 1. The predicted molar refractivity (Wildman–Crippen MR) is 142 cm³/mol. The molecule has 0 spiro atoms. The van der Waals surface area contributed by atoms with Crippen molar-refractivity contribution in [1.29, 1.82) is 0 Å². The molecule has 0 atom stereocenters. The van der Waals surface area contributed by atoms with Crippen molar-refractivity contribution >= 4 is 22.1 Å². The number of hydrogen-bond donors (Lipinski definition) is 1. The van der Waals surface area contributed by atoms with Gasteiger partial charge in [-0.2, -0.15) is 5.10 Å². The zero-order chi connectivity index (χ0) is 23.9. The number of piperidine rings is 1. The molecule has 4 heterocycles. The maximum absolute atomic E-state index is 6.52. The fourth-order valence-corrected chi connectivity index (χ4v) is 5.38. The van der Waals surface area contributed by atoms with Crippen molar-refractivity contribution in [2.75, 3.05) is 25.4 Å². The first kappa shape index (κ1) is 21.7. The molecule has 0 saturated carbocycles. The van der Waals surface area contributed by atoms with Crippen LogP contribution in [0.15, 0.2) is 66.9 Å². The molecule has 176 valence electrons. The maximum Gasteiger partial charge on any atom is 0.134 e. The van der Waals surface area contributed by atoms with Gasteiger partial charge in [0.15, 0.2) is 0 Å². The average Bonchev–Trinajstić information content (AvgIpc) is 3.30. The van der Waals surface area contributed by atoms with Gasteiger partial charge in [-0.1, -0.05) is 55.5 Å². The lowest BCUT2D eigenvalue weighted by Crippen LogP contribution is -2.33. The second-order valence-electron chi connectivity index (χ2n) is 9.45. The molecule has 6 rings (SSSR count). The van der Waals surface area contributed by atoms with Crippen LogP contribution in [0.2, 0.25) is 0 Å². The summed E-state index contributed by atoms with van der Waals surface area (Å²) >= 11 is 0. The third-order valence-corrected chi connectivity index (χ3v) is 7.43. The van der Waals surface area contributed by atoms with Gasteiger partial charge in [-0.3, -0.25) is 0 Å². The number of rotatable bonds is 4. The molecule has 35 heavy (non-hydrogen) atoms. The molecule has 5 aromatic rings. The normalized spacial score (nSPS) is 15.3. The van der Waals surface area contributed by atoms with Crippen LogP contribution in [0.3, 0.4) is 0 Å². The smallest absolute Gasteiger partial charge is 0.134 e. The summed E-state index contributed by atoms with van der Waals surface area (Å²) < 4.78 is 1.98. The number of nitrogen functional groups attached to an aromatic ring is 1. The van der Waals surface area contributed by atoms with Crippen LogP contribution >= 0.6 is 0 Å². The highest BCUT2D eigenvalue weighted by Crippen LogP contribution is 2.37. The minimum absolute atomic E-state index is 0.372. The Labute approximate surface area is 205 Å². The summed E-state index contributed by atoms with van der Waals surface area (Å²) in [5, 5.41) is 5.81. The van der Waals surface area contributed by atoms with E-state index in [2.05, 4.69) is 55.1 Å². The van der Waals surface area contributed by atoms with E-state index in [1.807, 2.05) is 28.8 Å². The third kappa shape index (κ3) is 3.74. The van der Waals surface area contributed by atoms with Crippen molar-refractivity contribution in [3.05, 3.63) is 78.2 Å². The van der Waals surface area contributed by atoms with Gasteiger partial charge in [0.2, 0.25) is 0 Å². The number of hydrogen-bond acceptors (Lipinski definition) is 5. The summed E-state index contributed by atoms with van der Waals surface area (Å²) in [7, 11) is 0. The van der Waals surface area contributed by atoms with E-state index in [4.69, 9.17) is 20.8 Å². The molecule has 0 amide bonds. The Morgan fingerprint density at radius 1 is 0.943 bits per heavy atom. The Morgan fingerprint density at radius 2 is 1.71 bits per heavy atom.